The predicted molar refractivity (Wildman–Crippen MR) is 64.2 cm³/mol. The lowest BCUT2D eigenvalue weighted by Crippen LogP contribution is -2.41. The summed E-state index contributed by atoms with van der Waals surface area (Å²) in [5.41, 5.74) is 1.43. The van der Waals surface area contributed by atoms with Crippen LogP contribution in [0.15, 0.2) is 12.2 Å². The van der Waals surface area contributed by atoms with Crippen LogP contribution in [0.25, 0.3) is 0 Å². The molecular formula is C12H24N2O. The first kappa shape index (κ1) is 12.7. The summed E-state index contributed by atoms with van der Waals surface area (Å²) < 4.78 is 5.31. The monoisotopic (exact) mass is 212 g/mol. The Balaban J connectivity index is 2.17. The van der Waals surface area contributed by atoms with Crippen LogP contribution in [0.4, 0.5) is 0 Å². The van der Waals surface area contributed by atoms with E-state index in [1.807, 2.05) is 0 Å². The lowest BCUT2D eigenvalue weighted by Gasteiger charge is -2.28. The number of morpholine rings is 1. The fraction of sp³-hybridized carbons (Fsp3) is 0.833. The molecule has 3 nitrogen and oxygen atoms in total. The van der Waals surface area contributed by atoms with Crippen LogP contribution in [-0.4, -0.2) is 49.8 Å². The van der Waals surface area contributed by atoms with Crippen LogP contribution in [-0.2, 0) is 4.74 Å². The summed E-state index contributed by atoms with van der Waals surface area (Å²) in [5.74, 6) is 0. The first-order chi connectivity index (χ1) is 6.97. The Morgan fingerprint density at radius 1 is 1.33 bits per heavy atom. The summed E-state index contributed by atoms with van der Waals surface area (Å²) in [6.45, 7) is 16.3. The third-order valence-corrected chi connectivity index (χ3v) is 2.42. The third kappa shape index (κ3) is 5.92. The van der Waals surface area contributed by atoms with E-state index in [4.69, 9.17) is 4.74 Å². The van der Waals surface area contributed by atoms with Crippen molar-refractivity contribution in [2.24, 2.45) is 0 Å². The zero-order valence-electron chi connectivity index (χ0n) is 10.3. The fourth-order valence-corrected chi connectivity index (χ4v) is 1.52. The van der Waals surface area contributed by atoms with Gasteiger partial charge in [0.2, 0.25) is 0 Å². The minimum atomic E-state index is 0.175. The van der Waals surface area contributed by atoms with Gasteiger partial charge in [0.05, 0.1) is 13.2 Å². The Kier molecular flexibility index (Phi) is 4.77. The van der Waals surface area contributed by atoms with Crippen LogP contribution in [0.2, 0.25) is 0 Å². The highest BCUT2D eigenvalue weighted by Crippen LogP contribution is 2.03. The molecule has 0 radical (unpaired) electrons. The maximum Gasteiger partial charge on any atom is 0.0594 e. The Hall–Kier alpha value is -0.380. The summed E-state index contributed by atoms with van der Waals surface area (Å²) in [4.78, 5) is 2.40. The average molecular weight is 212 g/mol. The molecular weight excluding hydrogens is 188 g/mol. The quantitative estimate of drug-likeness (QED) is 0.710. The van der Waals surface area contributed by atoms with Crippen molar-refractivity contribution in [1.82, 2.24) is 10.2 Å². The Morgan fingerprint density at radius 3 is 2.47 bits per heavy atom. The van der Waals surface area contributed by atoms with Crippen LogP contribution in [0.5, 0.6) is 0 Å². The lowest BCUT2D eigenvalue weighted by molar-refractivity contribution is 0.0420. The molecule has 0 unspecified atom stereocenters. The standard InChI is InChI=1S/C12H24N2O/c1-11(9-13-12(2,3)4)10-14-5-7-15-8-6-14/h13H,1,5-10H2,2-4H3. The largest absolute Gasteiger partial charge is 0.379 e. The van der Waals surface area contributed by atoms with Gasteiger partial charge in [0.25, 0.3) is 0 Å². The summed E-state index contributed by atoms with van der Waals surface area (Å²) in [5, 5.41) is 3.45. The summed E-state index contributed by atoms with van der Waals surface area (Å²) >= 11 is 0. The van der Waals surface area contributed by atoms with Gasteiger partial charge in [-0.3, -0.25) is 4.90 Å². The van der Waals surface area contributed by atoms with E-state index in [0.29, 0.717) is 0 Å². The molecule has 1 aliphatic heterocycles. The molecule has 0 aromatic carbocycles. The molecule has 0 bridgehead atoms. The summed E-state index contributed by atoms with van der Waals surface area (Å²) in [7, 11) is 0. The number of nitrogens with zero attached hydrogens (tertiary/aromatic N) is 1. The maximum atomic E-state index is 5.31. The zero-order chi connectivity index (χ0) is 11.3. The van der Waals surface area contributed by atoms with Gasteiger partial charge >= 0.3 is 0 Å². The van der Waals surface area contributed by atoms with Gasteiger partial charge in [-0.1, -0.05) is 6.58 Å². The lowest BCUT2D eigenvalue weighted by atomic mass is 10.1. The predicted octanol–water partition coefficient (Wildman–Crippen LogP) is 1.26. The Labute approximate surface area is 93.5 Å². The van der Waals surface area contributed by atoms with E-state index in [2.05, 4.69) is 37.6 Å². The zero-order valence-corrected chi connectivity index (χ0v) is 10.3. The second-order valence-corrected chi connectivity index (χ2v) is 5.24. The highest BCUT2D eigenvalue weighted by atomic mass is 16.5. The van der Waals surface area contributed by atoms with Crippen molar-refractivity contribution < 1.29 is 4.74 Å². The van der Waals surface area contributed by atoms with E-state index in [1.165, 1.54) is 5.57 Å². The molecule has 1 heterocycles. The van der Waals surface area contributed by atoms with Gasteiger partial charge in [0.15, 0.2) is 0 Å². The molecule has 0 aromatic rings. The molecule has 0 aromatic heterocycles. The molecule has 0 atom stereocenters. The molecule has 0 aliphatic carbocycles. The van der Waals surface area contributed by atoms with Crippen molar-refractivity contribution in [1.29, 1.82) is 0 Å². The van der Waals surface area contributed by atoms with E-state index in [9.17, 15) is 0 Å². The molecule has 1 saturated heterocycles. The molecule has 1 N–H and O–H groups in total. The third-order valence-electron chi connectivity index (χ3n) is 2.42. The molecule has 88 valence electrons. The van der Waals surface area contributed by atoms with Gasteiger partial charge < -0.3 is 10.1 Å². The van der Waals surface area contributed by atoms with Gasteiger partial charge in [0, 0.05) is 31.7 Å². The van der Waals surface area contributed by atoms with Crippen LogP contribution >= 0.6 is 0 Å². The van der Waals surface area contributed by atoms with Crippen molar-refractivity contribution in [2.75, 3.05) is 39.4 Å². The van der Waals surface area contributed by atoms with E-state index in [-0.39, 0.29) is 5.54 Å². The van der Waals surface area contributed by atoms with Crippen LogP contribution in [0, 0.1) is 0 Å². The van der Waals surface area contributed by atoms with Crippen LogP contribution < -0.4 is 5.32 Å². The van der Waals surface area contributed by atoms with Crippen molar-refractivity contribution >= 4 is 0 Å². The minimum Gasteiger partial charge on any atom is -0.379 e. The normalized spacial score (nSPS) is 19.1. The second kappa shape index (κ2) is 5.64. The molecule has 0 saturated carbocycles. The highest BCUT2D eigenvalue weighted by molar-refractivity contribution is 5.01. The van der Waals surface area contributed by atoms with Crippen LogP contribution in [0.1, 0.15) is 20.8 Å². The highest BCUT2D eigenvalue weighted by Gasteiger charge is 2.13. The first-order valence-corrected chi connectivity index (χ1v) is 5.69. The molecule has 0 spiro atoms. The average Bonchev–Trinajstić information content (AvgIpc) is 2.15. The molecule has 3 heteroatoms. The number of nitrogens with one attached hydrogen (secondary N) is 1. The van der Waals surface area contributed by atoms with Gasteiger partial charge in [-0.25, -0.2) is 0 Å². The molecule has 1 aliphatic rings. The molecule has 1 rings (SSSR count). The van der Waals surface area contributed by atoms with Gasteiger partial charge in [0.1, 0.15) is 0 Å². The van der Waals surface area contributed by atoms with Gasteiger partial charge in [-0.05, 0) is 26.3 Å². The molecule has 1 fully saturated rings. The van der Waals surface area contributed by atoms with E-state index < -0.39 is 0 Å². The molecule has 15 heavy (non-hydrogen) atoms. The SMILES string of the molecule is C=C(CNC(C)(C)C)CN1CCOCC1. The Bertz CT molecular complexity index is 202. The van der Waals surface area contributed by atoms with Crippen molar-refractivity contribution in [3.8, 4) is 0 Å². The number of hydrogen-bond acceptors (Lipinski definition) is 3. The Morgan fingerprint density at radius 2 is 1.93 bits per heavy atom. The van der Waals surface area contributed by atoms with E-state index in [0.717, 1.165) is 39.4 Å². The molecule has 0 amide bonds. The summed E-state index contributed by atoms with van der Waals surface area (Å²) in [6.07, 6.45) is 0. The summed E-state index contributed by atoms with van der Waals surface area (Å²) in [6, 6.07) is 0. The number of rotatable bonds is 4. The van der Waals surface area contributed by atoms with Crippen molar-refractivity contribution in [3.05, 3.63) is 12.2 Å². The second-order valence-electron chi connectivity index (χ2n) is 5.24. The van der Waals surface area contributed by atoms with Gasteiger partial charge in [-0.2, -0.15) is 0 Å². The van der Waals surface area contributed by atoms with Crippen LogP contribution in [0.3, 0.4) is 0 Å². The topological polar surface area (TPSA) is 24.5 Å². The van der Waals surface area contributed by atoms with E-state index >= 15 is 0 Å². The first-order valence-electron chi connectivity index (χ1n) is 5.69. The number of hydrogen-bond donors (Lipinski definition) is 1. The number of ether oxygens (including phenoxy) is 1. The van der Waals surface area contributed by atoms with E-state index in [1.54, 1.807) is 0 Å². The minimum absolute atomic E-state index is 0.175. The van der Waals surface area contributed by atoms with Crippen molar-refractivity contribution in [2.45, 2.75) is 26.3 Å². The van der Waals surface area contributed by atoms with Gasteiger partial charge in [-0.15, -0.1) is 0 Å². The smallest absolute Gasteiger partial charge is 0.0594 e. The fourth-order valence-electron chi connectivity index (χ4n) is 1.52. The maximum absolute atomic E-state index is 5.31. The van der Waals surface area contributed by atoms with Crippen molar-refractivity contribution in [3.63, 3.8) is 0 Å².